The molecule has 100 valence electrons. The van der Waals surface area contributed by atoms with Crippen LogP contribution in [0.5, 0.6) is 11.5 Å². The van der Waals surface area contributed by atoms with Crippen molar-refractivity contribution in [2.45, 2.75) is 25.4 Å². The van der Waals surface area contributed by atoms with Crippen LogP contribution in [0, 0.1) is 0 Å². The van der Waals surface area contributed by atoms with E-state index in [9.17, 15) is 5.11 Å². The molecule has 1 aromatic rings. The molecule has 0 aliphatic carbocycles. The van der Waals surface area contributed by atoms with Crippen LogP contribution in [0.2, 0.25) is 0 Å². The van der Waals surface area contributed by atoms with Crippen LogP contribution in [0.3, 0.4) is 0 Å². The maximum atomic E-state index is 10.4. The molecule has 0 radical (unpaired) electrons. The van der Waals surface area contributed by atoms with Gasteiger partial charge in [0.15, 0.2) is 11.5 Å². The van der Waals surface area contributed by atoms with Crippen molar-refractivity contribution >= 4 is 0 Å². The normalized spacial score (nSPS) is 17.9. The van der Waals surface area contributed by atoms with Crippen LogP contribution in [0.15, 0.2) is 18.2 Å². The molecule has 4 heteroatoms. The van der Waals surface area contributed by atoms with Crippen LogP contribution >= 0.6 is 0 Å². The van der Waals surface area contributed by atoms with Gasteiger partial charge in [0, 0.05) is 26.6 Å². The fourth-order valence-electron chi connectivity index (χ4n) is 1.94. The lowest BCUT2D eigenvalue weighted by atomic mass is 9.92. The van der Waals surface area contributed by atoms with Crippen LogP contribution in [-0.2, 0) is 10.3 Å². The van der Waals surface area contributed by atoms with Crippen molar-refractivity contribution in [1.29, 1.82) is 0 Å². The van der Waals surface area contributed by atoms with Crippen LogP contribution in [-0.4, -0.2) is 32.0 Å². The molecule has 0 saturated heterocycles. The third-order valence-corrected chi connectivity index (χ3v) is 3.16. The Balaban J connectivity index is 2.21. The Bertz CT molecular complexity index is 401. The Morgan fingerprint density at radius 3 is 2.72 bits per heavy atom. The predicted octanol–water partition coefficient (Wildman–Crippen LogP) is 2.09. The van der Waals surface area contributed by atoms with Gasteiger partial charge in [0.05, 0.1) is 18.8 Å². The molecule has 0 spiro atoms. The summed E-state index contributed by atoms with van der Waals surface area (Å²) in [5.74, 6) is 1.46. The van der Waals surface area contributed by atoms with Gasteiger partial charge in [-0.05, 0) is 24.6 Å². The summed E-state index contributed by atoms with van der Waals surface area (Å²) in [5, 5.41) is 10.4. The molecule has 1 aliphatic rings. The number of fused-ring (bicyclic) bond motifs is 1. The van der Waals surface area contributed by atoms with E-state index in [-0.39, 0.29) is 0 Å². The first-order chi connectivity index (χ1) is 8.63. The highest BCUT2D eigenvalue weighted by Crippen LogP contribution is 2.35. The summed E-state index contributed by atoms with van der Waals surface area (Å²) >= 11 is 0. The van der Waals surface area contributed by atoms with E-state index < -0.39 is 5.60 Å². The number of ether oxygens (including phenoxy) is 3. The van der Waals surface area contributed by atoms with E-state index in [1.165, 1.54) is 0 Å². The summed E-state index contributed by atoms with van der Waals surface area (Å²) in [5.41, 5.74) is -0.0930. The average Bonchev–Trinajstić information content (AvgIpc) is 2.60. The van der Waals surface area contributed by atoms with E-state index in [0.717, 1.165) is 17.7 Å². The number of hydrogen-bond acceptors (Lipinski definition) is 4. The standard InChI is InChI=1S/C14H20O4/c1-14(15,6-9-16-2)11-4-5-12-13(10-11)18-8-3-7-17-12/h4-5,10,15H,3,6-9H2,1-2H3. The third kappa shape index (κ3) is 2.94. The Labute approximate surface area is 107 Å². The average molecular weight is 252 g/mol. The second-order valence-electron chi connectivity index (χ2n) is 4.73. The summed E-state index contributed by atoms with van der Waals surface area (Å²) in [7, 11) is 1.63. The maximum absolute atomic E-state index is 10.4. The van der Waals surface area contributed by atoms with Gasteiger partial charge in [0.2, 0.25) is 0 Å². The van der Waals surface area contributed by atoms with Crippen LogP contribution in [0.4, 0.5) is 0 Å². The molecule has 18 heavy (non-hydrogen) atoms. The number of hydrogen-bond donors (Lipinski definition) is 1. The molecule has 0 aromatic heterocycles. The van der Waals surface area contributed by atoms with Crippen molar-refractivity contribution in [3.8, 4) is 11.5 Å². The molecular weight excluding hydrogens is 232 g/mol. The van der Waals surface area contributed by atoms with E-state index in [1.54, 1.807) is 14.0 Å². The van der Waals surface area contributed by atoms with E-state index >= 15 is 0 Å². The molecular formula is C14H20O4. The van der Waals surface area contributed by atoms with Gasteiger partial charge in [-0.2, -0.15) is 0 Å². The van der Waals surface area contributed by atoms with E-state index in [0.29, 0.717) is 32.0 Å². The van der Waals surface area contributed by atoms with Crippen molar-refractivity contribution in [1.82, 2.24) is 0 Å². The van der Waals surface area contributed by atoms with Crippen molar-refractivity contribution in [3.05, 3.63) is 23.8 Å². The Morgan fingerprint density at radius 1 is 1.28 bits per heavy atom. The summed E-state index contributed by atoms with van der Waals surface area (Å²) < 4.78 is 16.2. The second-order valence-corrected chi connectivity index (χ2v) is 4.73. The minimum atomic E-state index is -0.916. The van der Waals surface area contributed by atoms with Gasteiger partial charge in [-0.3, -0.25) is 0 Å². The fourth-order valence-corrected chi connectivity index (χ4v) is 1.94. The van der Waals surface area contributed by atoms with Crippen LogP contribution in [0.1, 0.15) is 25.3 Å². The van der Waals surface area contributed by atoms with Gasteiger partial charge < -0.3 is 19.3 Å². The van der Waals surface area contributed by atoms with Gasteiger partial charge in [-0.15, -0.1) is 0 Å². The highest BCUT2D eigenvalue weighted by atomic mass is 16.5. The third-order valence-electron chi connectivity index (χ3n) is 3.16. The first-order valence-corrected chi connectivity index (χ1v) is 6.25. The summed E-state index contributed by atoms with van der Waals surface area (Å²) in [6, 6.07) is 5.59. The first-order valence-electron chi connectivity index (χ1n) is 6.25. The van der Waals surface area contributed by atoms with E-state index in [1.807, 2.05) is 18.2 Å². The van der Waals surface area contributed by atoms with Crippen molar-refractivity contribution < 1.29 is 19.3 Å². The second kappa shape index (κ2) is 5.59. The van der Waals surface area contributed by atoms with Crippen LogP contribution in [0.25, 0.3) is 0 Å². The molecule has 2 rings (SSSR count). The molecule has 0 amide bonds. The first kappa shape index (κ1) is 13.2. The van der Waals surface area contributed by atoms with Gasteiger partial charge >= 0.3 is 0 Å². The van der Waals surface area contributed by atoms with Gasteiger partial charge in [0.1, 0.15) is 0 Å². The predicted molar refractivity (Wildman–Crippen MR) is 68.1 cm³/mol. The molecule has 1 N–H and O–H groups in total. The molecule has 1 heterocycles. The Hall–Kier alpha value is -1.26. The molecule has 1 atom stereocenters. The summed E-state index contributed by atoms with van der Waals surface area (Å²) in [6.07, 6.45) is 1.42. The topological polar surface area (TPSA) is 47.9 Å². The Kier molecular flexibility index (Phi) is 4.09. The number of benzene rings is 1. The van der Waals surface area contributed by atoms with Crippen molar-refractivity contribution in [2.75, 3.05) is 26.9 Å². The fraction of sp³-hybridized carbons (Fsp3) is 0.571. The summed E-state index contributed by atoms with van der Waals surface area (Å²) in [4.78, 5) is 0. The highest BCUT2D eigenvalue weighted by molar-refractivity contribution is 5.44. The van der Waals surface area contributed by atoms with E-state index in [2.05, 4.69) is 0 Å². The highest BCUT2D eigenvalue weighted by Gasteiger charge is 2.24. The zero-order valence-corrected chi connectivity index (χ0v) is 10.9. The molecule has 1 aliphatic heterocycles. The monoisotopic (exact) mass is 252 g/mol. The van der Waals surface area contributed by atoms with Crippen LogP contribution < -0.4 is 9.47 Å². The molecule has 0 bridgehead atoms. The number of methoxy groups -OCH3 is 1. The zero-order valence-electron chi connectivity index (χ0n) is 10.9. The van der Waals surface area contributed by atoms with E-state index in [4.69, 9.17) is 14.2 Å². The zero-order chi connectivity index (χ0) is 13.0. The largest absolute Gasteiger partial charge is 0.490 e. The number of rotatable bonds is 4. The smallest absolute Gasteiger partial charge is 0.161 e. The van der Waals surface area contributed by atoms with Gasteiger partial charge in [-0.25, -0.2) is 0 Å². The molecule has 4 nitrogen and oxygen atoms in total. The minimum absolute atomic E-state index is 0.515. The lowest BCUT2D eigenvalue weighted by Gasteiger charge is -2.24. The lowest BCUT2D eigenvalue weighted by Crippen LogP contribution is -2.23. The quantitative estimate of drug-likeness (QED) is 0.891. The summed E-state index contributed by atoms with van der Waals surface area (Å²) in [6.45, 7) is 3.62. The molecule has 1 aromatic carbocycles. The van der Waals surface area contributed by atoms with Crippen molar-refractivity contribution in [2.24, 2.45) is 0 Å². The SMILES string of the molecule is COCCC(C)(O)c1ccc2c(c1)OCCCO2. The minimum Gasteiger partial charge on any atom is -0.490 e. The maximum Gasteiger partial charge on any atom is 0.161 e. The lowest BCUT2D eigenvalue weighted by molar-refractivity contribution is 0.0208. The van der Waals surface area contributed by atoms with Gasteiger partial charge in [0.25, 0.3) is 0 Å². The molecule has 1 unspecified atom stereocenters. The number of aliphatic hydroxyl groups is 1. The Morgan fingerprint density at radius 2 is 2.00 bits per heavy atom. The molecule has 0 saturated carbocycles. The van der Waals surface area contributed by atoms with Gasteiger partial charge in [-0.1, -0.05) is 6.07 Å². The van der Waals surface area contributed by atoms with Crippen molar-refractivity contribution in [3.63, 3.8) is 0 Å². The molecule has 0 fully saturated rings.